The van der Waals surface area contributed by atoms with Crippen LogP contribution in [0, 0.1) is 0 Å². The molecule has 23 heavy (non-hydrogen) atoms. The van der Waals surface area contributed by atoms with Crippen LogP contribution < -0.4 is 16.0 Å². The van der Waals surface area contributed by atoms with Gasteiger partial charge < -0.3 is 21.1 Å². The highest BCUT2D eigenvalue weighted by Gasteiger charge is 2.28. The molecule has 0 aliphatic carbocycles. The summed E-state index contributed by atoms with van der Waals surface area (Å²) in [6, 6.07) is 8.08. The van der Waals surface area contributed by atoms with Crippen LogP contribution in [0.4, 0.5) is 15.6 Å². The Hall–Kier alpha value is -2.28. The van der Waals surface area contributed by atoms with Crippen LogP contribution >= 0.6 is 11.3 Å². The topological polar surface area (TPSA) is 91.5 Å². The lowest BCUT2D eigenvalue weighted by atomic mass is 10.1. The third-order valence-corrected chi connectivity index (χ3v) is 4.89. The SMILES string of the molecule is CC(NC(=O)O)c1ccc(N2CCC[C@@H]2c2csc(N)n2)cc1. The van der Waals surface area contributed by atoms with Crippen molar-refractivity contribution in [3.63, 3.8) is 0 Å². The molecule has 1 aromatic heterocycles. The summed E-state index contributed by atoms with van der Waals surface area (Å²) in [5, 5.41) is 13.9. The number of nitrogen functional groups attached to an aromatic ring is 1. The van der Waals surface area contributed by atoms with Crippen LogP contribution in [0.3, 0.4) is 0 Å². The van der Waals surface area contributed by atoms with Crippen molar-refractivity contribution in [1.29, 1.82) is 0 Å². The van der Waals surface area contributed by atoms with E-state index in [0.717, 1.165) is 36.3 Å². The molecule has 4 N–H and O–H groups in total. The van der Waals surface area contributed by atoms with Crippen LogP contribution in [0.2, 0.25) is 0 Å². The van der Waals surface area contributed by atoms with Crippen molar-refractivity contribution in [2.75, 3.05) is 17.2 Å². The van der Waals surface area contributed by atoms with Gasteiger partial charge in [-0.3, -0.25) is 0 Å². The minimum Gasteiger partial charge on any atom is -0.465 e. The number of amides is 1. The van der Waals surface area contributed by atoms with Crippen molar-refractivity contribution in [3.8, 4) is 0 Å². The first-order valence-corrected chi connectivity index (χ1v) is 8.49. The molecule has 1 amide bonds. The second-order valence-electron chi connectivity index (χ2n) is 5.72. The predicted octanol–water partition coefficient (Wildman–Crippen LogP) is 3.40. The van der Waals surface area contributed by atoms with Gasteiger partial charge in [-0.2, -0.15) is 0 Å². The summed E-state index contributed by atoms with van der Waals surface area (Å²) in [4.78, 5) is 17.5. The first kappa shape index (κ1) is 15.6. The molecule has 7 heteroatoms. The molecule has 1 unspecified atom stereocenters. The van der Waals surface area contributed by atoms with Gasteiger partial charge in [0.1, 0.15) is 0 Å². The molecule has 1 aromatic carbocycles. The number of anilines is 2. The molecule has 2 atom stereocenters. The van der Waals surface area contributed by atoms with E-state index in [4.69, 9.17) is 10.8 Å². The molecule has 1 aliphatic rings. The molecular weight excluding hydrogens is 312 g/mol. The number of nitrogens with two attached hydrogens (primary N) is 1. The summed E-state index contributed by atoms with van der Waals surface area (Å²) in [5.74, 6) is 0. The maximum Gasteiger partial charge on any atom is 0.405 e. The van der Waals surface area contributed by atoms with Gasteiger partial charge in [0.25, 0.3) is 0 Å². The Kier molecular flexibility index (Phi) is 4.38. The highest BCUT2D eigenvalue weighted by atomic mass is 32.1. The van der Waals surface area contributed by atoms with Gasteiger partial charge >= 0.3 is 6.09 Å². The fourth-order valence-electron chi connectivity index (χ4n) is 3.06. The largest absolute Gasteiger partial charge is 0.465 e. The molecule has 0 radical (unpaired) electrons. The number of carbonyl (C=O) groups is 1. The van der Waals surface area contributed by atoms with Crippen molar-refractivity contribution in [2.45, 2.75) is 31.8 Å². The molecule has 6 nitrogen and oxygen atoms in total. The van der Waals surface area contributed by atoms with Crippen LogP contribution in [0.25, 0.3) is 0 Å². The molecular formula is C16H20N4O2S. The Morgan fingerprint density at radius 3 is 2.83 bits per heavy atom. The summed E-state index contributed by atoms with van der Waals surface area (Å²) < 4.78 is 0. The minimum atomic E-state index is -1.01. The molecule has 3 rings (SSSR count). The third kappa shape index (κ3) is 3.39. The van der Waals surface area contributed by atoms with Gasteiger partial charge in [0.15, 0.2) is 5.13 Å². The number of nitrogens with zero attached hydrogens (tertiary/aromatic N) is 2. The predicted molar refractivity (Wildman–Crippen MR) is 91.9 cm³/mol. The maximum absolute atomic E-state index is 10.7. The number of hydrogen-bond acceptors (Lipinski definition) is 5. The third-order valence-electron chi connectivity index (χ3n) is 4.20. The van der Waals surface area contributed by atoms with E-state index in [0.29, 0.717) is 5.13 Å². The minimum absolute atomic E-state index is 0.228. The zero-order valence-electron chi connectivity index (χ0n) is 12.9. The molecule has 1 fully saturated rings. The standard InChI is InChI=1S/C16H20N4O2S/c1-10(18-16(21)22)11-4-6-12(7-5-11)20-8-2-3-14(20)13-9-23-15(17)19-13/h4-7,9-10,14,18H,2-3,8H2,1H3,(H2,17,19)(H,21,22)/t10?,14-/m1/s1. The first-order chi connectivity index (χ1) is 11.0. The molecule has 1 aliphatic heterocycles. The zero-order valence-corrected chi connectivity index (χ0v) is 13.7. The van der Waals surface area contributed by atoms with Gasteiger partial charge in [-0.05, 0) is 37.5 Å². The van der Waals surface area contributed by atoms with Gasteiger partial charge in [-0.25, -0.2) is 9.78 Å². The highest BCUT2D eigenvalue weighted by Crippen LogP contribution is 2.37. The van der Waals surface area contributed by atoms with Gasteiger partial charge in [0.05, 0.1) is 17.8 Å². The van der Waals surface area contributed by atoms with Gasteiger partial charge in [-0.1, -0.05) is 12.1 Å². The number of rotatable bonds is 4. The van der Waals surface area contributed by atoms with E-state index in [1.165, 1.54) is 11.3 Å². The first-order valence-electron chi connectivity index (χ1n) is 7.61. The van der Waals surface area contributed by atoms with Crippen LogP contribution in [0.5, 0.6) is 0 Å². The Morgan fingerprint density at radius 1 is 1.48 bits per heavy atom. The zero-order chi connectivity index (χ0) is 16.4. The molecule has 1 saturated heterocycles. The normalized spacial score (nSPS) is 18.8. The Labute approximate surface area is 139 Å². The fourth-order valence-corrected chi connectivity index (χ4v) is 3.67. The van der Waals surface area contributed by atoms with E-state index in [2.05, 4.69) is 15.2 Å². The lowest BCUT2D eigenvalue weighted by Gasteiger charge is -2.26. The molecule has 2 aromatic rings. The van der Waals surface area contributed by atoms with E-state index in [-0.39, 0.29) is 12.1 Å². The van der Waals surface area contributed by atoms with Crippen LogP contribution in [-0.4, -0.2) is 22.7 Å². The number of carboxylic acid groups (broad SMARTS) is 1. The highest BCUT2D eigenvalue weighted by molar-refractivity contribution is 7.13. The Bertz CT molecular complexity index is 686. The van der Waals surface area contributed by atoms with Crippen molar-refractivity contribution in [3.05, 3.63) is 40.9 Å². The lowest BCUT2D eigenvalue weighted by molar-refractivity contribution is 0.191. The summed E-state index contributed by atoms with van der Waals surface area (Å²) >= 11 is 1.48. The number of aromatic nitrogens is 1. The summed E-state index contributed by atoms with van der Waals surface area (Å²) in [5.41, 5.74) is 8.87. The Balaban J connectivity index is 1.77. The van der Waals surface area contributed by atoms with Crippen molar-refractivity contribution >= 4 is 28.2 Å². The van der Waals surface area contributed by atoms with Gasteiger partial charge in [0, 0.05) is 17.6 Å². The van der Waals surface area contributed by atoms with Crippen molar-refractivity contribution in [2.24, 2.45) is 0 Å². The molecule has 0 saturated carbocycles. The Morgan fingerprint density at radius 2 is 2.22 bits per heavy atom. The van der Waals surface area contributed by atoms with E-state index in [1.807, 2.05) is 36.6 Å². The van der Waals surface area contributed by atoms with Crippen molar-refractivity contribution < 1.29 is 9.90 Å². The van der Waals surface area contributed by atoms with E-state index < -0.39 is 6.09 Å². The summed E-state index contributed by atoms with van der Waals surface area (Å²) in [7, 11) is 0. The van der Waals surface area contributed by atoms with E-state index in [1.54, 1.807) is 0 Å². The second-order valence-corrected chi connectivity index (χ2v) is 6.61. The molecule has 0 spiro atoms. The van der Waals surface area contributed by atoms with Crippen LogP contribution in [0.1, 0.15) is 43.1 Å². The average molecular weight is 332 g/mol. The van der Waals surface area contributed by atoms with Crippen LogP contribution in [0.15, 0.2) is 29.6 Å². The quantitative estimate of drug-likeness (QED) is 0.798. The van der Waals surface area contributed by atoms with Crippen LogP contribution in [-0.2, 0) is 0 Å². The van der Waals surface area contributed by atoms with E-state index in [9.17, 15) is 4.79 Å². The summed E-state index contributed by atoms with van der Waals surface area (Å²) in [6.07, 6.45) is 1.19. The lowest BCUT2D eigenvalue weighted by Crippen LogP contribution is -2.25. The van der Waals surface area contributed by atoms with E-state index >= 15 is 0 Å². The van der Waals surface area contributed by atoms with Crippen molar-refractivity contribution in [1.82, 2.24) is 10.3 Å². The number of thiazole rings is 1. The molecule has 122 valence electrons. The summed E-state index contributed by atoms with van der Waals surface area (Å²) in [6.45, 7) is 2.82. The second kappa shape index (κ2) is 6.45. The molecule has 2 heterocycles. The monoisotopic (exact) mass is 332 g/mol. The maximum atomic E-state index is 10.7. The van der Waals surface area contributed by atoms with Gasteiger partial charge in [0.2, 0.25) is 0 Å². The number of nitrogens with one attached hydrogen (secondary N) is 1. The number of benzene rings is 1. The fraction of sp³-hybridized carbons (Fsp3) is 0.375. The van der Waals surface area contributed by atoms with Gasteiger partial charge in [-0.15, -0.1) is 11.3 Å². The smallest absolute Gasteiger partial charge is 0.405 e. The average Bonchev–Trinajstić information content (AvgIpc) is 3.15. The number of hydrogen-bond donors (Lipinski definition) is 3. The molecule has 0 bridgehead atoms.